The number of rotatable bonds is 5. The summed E-state index contributed by atoms with van der Waals surface area (Å²) in [5.74, 6) is 0.159. The highest BCUT2D eigenvalue weighted by Crippen LogP contribution is 2.35. The van der Waals surface area contributed by atoms with Gasteiger partial charge in [-0.3, -0.25) is 4.98 Å². The minimum atomic E-state index is -4.14. The van der Waals surface area contributed by atoms with Gasteiger partial charge in [0.15, 0.2) is 5.03 Å². The van der Waals surface area contributed by atoms with E-state index in [-0.39, 0.29) is 16.9 Å². The maximum absolute atomic E-state index is 12.4. The maximum atomic E-state index is 12.4. The first-order valence-electron chi connectivity index (χ1n) is 8.47. The smallest absolute Gasteiger partial charge is 0.307 e. The van der Waals surface area contributed by atoms with E-state index in [1.54, 1.807) is 19.1 Å². The molecule has 2 amide bonds. The van der Waals surface area contributed by atoms with Crippen LogP contribution in [0.25, 0.3) is 0 Å². The number of urea groups is 1. The number of nitrogens with one attached hydrogen (secondary N) is 2. The first-order chi connectivity index (χ1) is 12.5. The Morgan fingerprint density at radius 3 is 2.11 bits per heavy atom. The maximum Gasteiger partial charge on any atom is 0.333 e. The van der Waals surface area contributed by atoms with E-state index in [0.717, 1.165) is 17.3 Å². The minimum Gasteiger partial charge on any atom is -0.307 e. The number of aromatic nitrogens is 2. The third kappa shape index (κ3) is 5.17. The molecular weight excluding hydrogens is 388 g/mol. The molecule has 0 bridgehead atoms. The average molecular weight is 411 g/mol. The fraction of sp³-hybridized carbons (Fsp3) is 0.389. The normalized spacial score (nSPS) is 11.7. The third-order valence-electron chi connectivity index (χ3n) is 3.88. The number of anilines is 1. The molecule has 0 saturated carbocycles. The van der Waals surface area contributed by atoms with Gasteiger partial charge in [0.2, 0.25) is 0 Å². The van der Waals surface area contributed by atoms with E-state index in [1.165, 1.54) is 6.20 Å². The zero-order valence-electron chi connectivity index (χ0n) is 15.9. The molecule has 27 heavy (non-hydrogen) atoms. The first-order valence-corrected chi connectivity index (χ1v) is 10.3. The van der Waals surface area contributed by atoms with Crippen molar-refractivity contribution in [3.05, 3.63) is 46.4 Å². The molecule has 0 aliphatic rings. The third-order valence-corrected chi connectivity index (χ3v) is 5.30. The van der Waals surface area contributed by atoms with Crippen molar-refractivity contribution in [3.8, 4) is 0 Å². The Kier molecular flexibility index (Phi) is 6.43. The van der Waals surface area contributed by atoms with Gasteiger partial charge in [0.1, 0.15) is 0 Å². The van der Waals surface area contributed by atoms with Gasteiger partial charge >= 0.3 is 6.03 Å². The highest BCUT2D eigenvalue weighted by atomic mass is 35.5. The Balaban J connectivity index is 2.35. The summed E-state index contributed by atoms with van der Waals surface area (Å²) in [6.07, 6.45) is 2.51. The van der Waals surface area contributed by atoms with E-state index >= 15 is 0 Å². The van der Waals surface area contributed by atoms with Crippen LogP contribution in [0.5, 0.6) is 0 Å². The molecule has 0 aliphatic carbocycles. The van der Waals surface area contributed by atoms with Crippen LogP contribution in [0.15, 0.2) is 29.6 Å². The van der Waals surface area contributed by atoms with E-state index in [1.807, 2.05) is 32.4 Å². The van der Waals surface area contributed by atoms with Gasteiger partial charge in [-0.2, -0.15) is 8.42 Å². The lowest BCUT2D eigenvalue weighted by Crippen LogP contribution is -2.35. The lowest BCUT2D eigenvalue weighted by atomic mass is 9.92. The molecular formula is C18H23ClN4O3S. The van der Waals surface area contributed by atoms with Gasteiger partial charge in [-0.1, -0.05) is 39.3 Å². The average Bonchev–Trinajstić information content (AvgIpc) is 2.55. The van der Waals surface area contributed by atoms with Crippen LogP contribution in [0.1, 0.15) is 56.4 Å². The van der Waals surface area contributed by atoms with Gasteiger partial charge in [-0.15, -0.1) is 0 Å². The molecule has 9 heteroatoms. The van der Waals surface area contributed by atoms with Gasteiger partial charge in [0.25, 0.3) is 10.0 Å². The molecule has 2 N–H and O–H groups in total. The summed E-state index contributed by atoms with van der Waals surface area (Å²) >= 11 is 6.21. The molecule has 7 nitrogen and oxygen atoms in total. The summed E-state index contributed by atoms with van der Waals surface area (Å²) in [5.41, 5.74) is 2.65. The van der Waals surface area contributed by atoms with Crippen molar-refractivity contribution in [2.75, 3.05) is 5.32 Å². The fourth-order valence-electron chi connectivity index (χ4n) is 2.59. The number of benzene rings is 1. The van der Waals surface area contributed by atoms with Crippen molar-refractivity contribution in [2.24, 2.45) is 0 Å². The predicted molar refractivity (Wildman–Crippen MR) is 106 cm³/mol. The number of hydrogen-bond donors (Lipinski definition) is 2. The first kappa shape index (κ1) is 21.1. The van der Waals surface area contributed by atoms with Crippen LogP contribution in [0, 0.1) is 6.92 Å². The number of hydrogen-bond acceptors (Lipinski definition) is 5. The molecule has 0 saturated heterocycles. The minimum absolute atomic E-state index is 0.0794. The van der Waals surface area contributed by atoms with Crippen molar-refractivity contribution in [2.45, 2.75) is 51.5 Å². The molecule has 0 aliphatic heterocycles. The number of nitrogens with zero attached hydrogens (tertiary/aromatic N) is 2. The SMILES string of the molecule is Cc1cncc(S(=O)(=O)NC(=O)Nc2c(C(C)C)cc(Cl)cc2C(C)C)n1. The van der Waals surface area contributed by atoms with Gasteiger partial charge in [-0.25, -0.2) is 14.5 Å². The Morgan fingerprint density at radius 1 is 1.07 bits per heavy atom. The van der Waals surface area contributed by atoms with Crippen molar-refractivity contribution in [1.82, 2.24) is 14.7 Å². The molecule has 146 valence electrons. The van der Waals surface area contributed by atoms with Crippen LogP contribution >= 0.6 is 11.6 Å². The summed E-state index contributed by atoms with van der Waals surface area (Å²) in [6, 6.07) is 2.67. The topological polar surface area (TPSA) is 101 Å². The zero-order valence-corrected chi connectivity index (χ0v) is 17.4. The molecule has 0 radical (unpaired) electrons. The highest BCUT2D eigenvalue weighted by Gasteiger charge is 2.22. The lowest BCUT2D eigenvalue weighted by molar-refractivity contribution is 0.256. The van der Waals surface area contributed by atoms with Crippen molar-refractivity contribution >= 4 is 33.3 Å². The van der Waals surface area contributed by atoms with E-state index in [9.17, 15) is 13.2 Å². The van der Waals surface area contributed by atoms with Crippen LogP contribution in [0.2, 0.25) is 5.02 Å². The molecule has 2 aromatic rings. The largest absolute Gasteiger partial charge is 0.333 e. The van der Waals surface area contributed by atoms with Crippen molar-refractivity contribution < 1.29 is 13.2 Å². The van der Waals surface area contributed by atoms with E-state index in [0.29, 0.717) is 16.4 Å². The van der Waals surface area contributed by atoms with E-state index < -0.39 is 16.1 Å². The molecule has 0 atom stereocenters. The summed E-state index contributed by atoms with van der Waals surface area (Å²) in [6.45, 7) is 9.50. The van der Waals surface area contributed by atoms with Gasteiger partial charge in [0, 0.05) is 16.9 Å². The Bertz CT molecular complexity index is 930. The second-order valence-electron chi connectivity index (χ2n) is 6.83. The van der Waals surface area contributed by atoms with E-state index in [2.05, 4.69) is 15.3 Å². The van der Waals surface area contributed by atoms with Crippen LogP contribution in [0.3, 0.4) is 0 Å². The molecule has 2 rings (SSSR count). The number of carbonyl (C=O) groups excluding carboxylic acids is 1. The Hall–Kier alpha value is -2.19. The quantitative estimate of drug-likeness (QED) is 0.769. The molecule has 0 spiro atoms. The number of halogens is 1. The Morgan fingerprint density at radius 2 is 1.63 bits per heavy atom. The second kappa shape index (κ2) is 8.22. The van der Waals surface area contributed by atoms with Gasteiger partial charge in [0.05, 0.1) is 11.9 Å². The summed E-state index contributed by atoms with van der Waals surface area (Å²) in [4.78, 5) is 20.1. The molecule has 1 aromatic heterocycles. The number of amides is 2. The van der Waals surface area contributed by atoms with Gasteiger partial charge < -0.3 is 5.32 Å². The molecule has 0 unspecified atom stereocenters. The predicted octanol–water partition coefficient (Wildman–Crippen LogP) is 4.20. The second-order valence-corrected chi connectivity index (χ2v) is 8.89. The monoisotopic (exact) mass is 410 g/mol. The fourth-order valence-corrected chi connectivity index (χ4v) is 3.69. The molecule has 0 fully saturated rings. The van der Waals surface area contributed by atoms with Gasteiger partial charge in [-0.05, 0) is 42.0 Å². The van der Waals surface area contributed by atoms with Crippen LogP contribution in [-0.2, 0) is 10.0 Å². The zero-order chi connectivity index (χ0) is 20.4. The number of sulfonamides is 1. The number of aryl methyl sites for hydroxylation is 1. The molecule has 1 aromatic carbocycles. The Labute approximate surface area is 164 Å². The van der Waals surface area contributed by atoms with Crippen molar-refractivity contribution in [1.29, 1.82) is 0 Å². The summed E-state index contributed by atoms with van der Waals surface area (Å²) in [7, 11) is -4.14. The van der Waals surface area contributed by atoms with Crippen LogP contribution in [0.4, 0.5) is 10.5 Å². The summed E-state index contributed by atoms with van der Waals surface area (Å²) in [5, 5.41) is 2.92. The van der Waals surface area contributed by atoms with Crippen LogP contribution < -0.4 is 10.0 Å². The highest BCUT2D eigenvalue weighted by molar-refractivity contribution is 7.90. The lowest BCUT2D eigenvalue weighted by Gasteiger charge is -2.21. The van der Waals surface area contributed by atoms with Crippen molar-refractivity contribution in [3.63, 3.8) is 0 Å². The van der Waals surface area contributed by atoms with E-state index in [4.69, 9.17) is 11.6 Å². The van der Waals surface area contributed by atoms with Crippen LogP contribution in [-0.4, -0.2) is 24.4 Å². The standard InChI is InChI=1S/C18H23ClN4O3S/c1-10(2)14-6-13(19)7-15(11(3)4)17(14)22-18(24)23-27(25,26)16-9-20-8-12(5)21-16/h6-11H,1-5H3,(H2,22,23,24). The number of carbonyl (C=O) groups is 1. The summed E-state index contributed by atoms with van der Waals surface area (Å²) < 4.78 is 26.7. The molecule has 1 heterocycles.